The van der Waals surface area contributed by atoms with E-state index in [0.29, 0.717) is 13.2 Å². The maximum atomic E-state index is 8.91. The minimum Gasteiger partial charge on any atom is -0.493 e. The predicted octanol–water partition coefficient (Wildman–Crippen LogP) is 1.70. The highest BCUT2D eigenvalue weighted by molar-refractivity contribution is 5.32. The van der Waals surface area contributed by atoms with Gasteiger partial charge in [-0.25, -0.2) is 0 Å². The third-order valence-electron chi connectivity index (χ3n) is 2.50. The van der Waals surface area contributed by atoms with Gasteiger partial charge in [0, 0.05) is 31.1 Å². The quantitative estimate of drug-likeness (QED) is 0.741. The predicted molar refractivity (Wildman–Crippen MR) is 69.9 cm³/mol. The van der Waals surface area contributed by atoms with Crippen molar-refractivity contribution in [1.82, 2.24) is 0 Å². The van der Waals surface area contributed by atoms with E-state index in [1.54, 1.807) is 0 Å². The molecule has 4 nitrogen and oxygen atoms in total. The summed E-state index contributed by atoms with van der Waals surface area (Å²) in [5.41, 5.74) is 0. The molecule has 2 atom stereocenters. The molecule has 0 aliphatic carbocycles. The molecule has 0 bridgehead atoms. The molecule has 0 heterocycles. The average Bonchev–Trinajstić information content (AvgIpc) is 2.42. The number of ether oxygens (including phenoxy) is 2. The molecular weight excluding hydrogens is 232 g/mol. The molecule has 102 valence electrons. The zero-order valence-electron chi connectivity index (χ0n) is 11.0. The van der Waals surface area contributed by atoms with Crippen molar-refractivity contribution in [3.63, 3.8) is 0 Å². The van der Waals surface area contributed by atoms with E-state index in [1.165, 1.54) is 0 Å². The van der Waals surface area contributed by atoms with Gasteiger partial charge in [-0.3, -0.25) is 0 Å². The van der Waals surface area contributed by atoms with Crippen molar-refractivity contribution in [3.8, 4) is 11.5 Å². The Morgan fingerprint density at radius 1 is 0.944 bits per heavy atom. The highest BCUT2D eigenvalue weighted by Gasteiger charge is 2.04. The van der Waals surface area contributed by atoms with Gasteiger partial charge >= 0.3 is 0 Å². The first-order valence-electron chi connectivity index (χ1n) is 6.23. The molecule has 0 spiro atoms. The lowest BCUT2D eigenvalue weighted by Crippen LogP contribution is -2.13. The number of benzene rings is 1. The Balaban J connectivity index is 2.46. The summed E-state index contributed by atoms with van der Waals surface area (Å²) >= 11 is 0. The summed E-state index contributed by atoms with van der Waals surface area (Å²) in [6.07, 6.45) is 0. The fraction of sp³-hybridized carbons (Fsp3) is 0.571. The Hall–Kier alpha value is -1.26. The van der Waals surface area contributed by atoms with Crippen LogP contribution in [0.15, 0.2) is 24.3 Å². The largest absolute Gasteiger partial charge is 0.493 e. The Labute approximate surface area is 108 Å². The fourth-order valence-electron chi connectivity index (χ4n) is 1.24. The maximum absolute atomic E-state index is 8.91. The van der Waals surface area contributed by atoms with Crippen LogP contribution >= 0.6 is 0 Å². The van der Waals surface area contributed by atoms with Crippen LogP contribution in [0.5, 0.6) is 11.5 Å². The molecule has 0 amide bonds. The molecule has 0 aromatic heterocycles. The van der Waals surface area contributed by atoms with Gasteiger partial charge in [0.25, 0.3) is 0 Å². The van der Waals surface area contributed by atoms with Crippen molar-refractivity contribution in [2.45, 2.75) is 13.8 Å². The standard InChI is InChI=1S/C14H22O4/c1-11(7-15)9-17-13-4-3-5-14(6-13)18-10-12(2)8-16/h3-6,11-12,15-16H,7-10H2,1-2H3. The van der Waals surface area contributed by atoms with Gasteiger partial charge in [0.15, 0.2) is 0 Å². The van der Waals surface area contributed by atoms with Crippen molar-refractivity contribution < 1.29 is 19.7 Å². The van der Waals surface area contributed by atoms with Crippen molar-refractivity contribution in [2.75, 3.05) is 26.4 Å². The van der Waals surface area contributed by atoms with Gasteiger partial charge in [-0.15, -0.1) is 0 Å². The second-order valence-corrected chi connectivity index (χ2v) is 4.67. The molecule has 0 aliphatic rings. The molecular formula is C14H22O4. The number of aliphatic hydroxyl groups excluding tert-OH is 2. The summed E-state index contributed by atoms with van der Waals surface area (Å²) in [5, 5.41) is 17.8. The van der Waals surface area contributed by atoms with Crippen LogP contribution in [0.3, 0.4) is 0 Å². The summed E-state index contributed by atoms with van der Waals surface area (Å²) in [6.45, 7) is 5.03. The van der Waals surface area contributed by atoms with Crippen molar-refractivity contribution in [1.29, 1.82) is 0 Å². The van der Waals surface area contributed by atoms with Gasteiger partial charge in [0.2, 0.25) is 0 Å². The highest BCUT2D eigenvalue weighted by Crippen LogP contribution is 2.20. The molecule has 18 heavy (non-hydrogen) atoms. The summed E-state index contributed by atoms with van der Waals surface area (Å²) in [4.78, 5) is 0. The van der Waals surface area contributed by atoms with E-state index < -0.39 is 0 Å². The van der Waals surface area contributed by atoms with Crippen LogP contribution in [0.1, 0.15) is 13.8 Å². The zero-order valence-corrected chi connectivity index (χ0v) is 11.0. The first-order valence-corrected chi connectivity index (χ1v) is 6.23. The van der Waals surface area contributed by atoms with Gasteiger partial charge in [0.1, 0.15) is 11.5 Å². The van der Waals surface area contributed by atoms with E-state index in [0.717, 1.165) is 11.5 Å². The first kappa shape index (κ1) is 14.8. The second kappa shape index (κ2) is 7.95. The molecule has 0 fully saturated rings. The SMILES string of the molecule is CC(CO)COc1cccc(OCC(C)CO)c1. The lowest BCUT2D eigenvalue weighted by molar-refractivity contribution is 0.169. The molecule has 0 saturated heterocycles. The van der Waals surface area contributed by atoms with Crippen LogP contribution < -0.4 is 9.47 Å². The summed E-state index contributed by atoms with van der Waals surface area (Å²) < 4.78 is 11.1. The van der Waals surface area contributed by atoms with E-state index in [1.807, 2.05) is 38.1 Å². The van der Waals surface area contributed by atoms with Crippen molar-refractivity contribution >= 4 is 0 Å². The van der Waals surface area contributed by atoms with Crippen LogP contribution in [0.25, 0.3) is 0 Å². The summed E-state index contributed by atoms with van der Waals surface area (Å²) in [7, 11) is 0. The van der Waals surface area contributed by atoms with Gasteiger partial charge in [0.05, 0.1) is 13.2 Å². The van der Waals surface area contributed by atoms with Gasteiger partial charge in [-0.1, -0.05) is 19.9 Å². The normalized spacial score (nSPS) is 14.0. The summed E-state index contributed by atoms with van der Waals surface area (Å²) in [5.74, 6) is 1.68. The van der Waals surface area contributed by atoms with Gasteiger partial charge < -0.3 is 19.7 Å². The van der Waals surface area contributed by atoms with E-state index in [2.05, 4.69) is 0 Å². The zero-order chi connectivity index (χ0) is 13.4. The lowest BCUT2D eigenvalue weighted by Gasteiger charge is -2.13. The average molecular weight is 254 g/mol. The molecule has 2 unspecified atom stereocenters. The minimum atomic E-state index is 0.115. The highest BCUT2D eigenvalue weighted by atomic mass is 16.5. The minimum absolute atomic E-state index is 0.115. The van der Waals surface area contributed by atoms with Crippen molar-refractivity contribution in [3.05, 3.63) is 24.3 Å². The van der Waals surface area contributed by atoms with Crippen LogP contribution in [-0.2, 0) is 0 Å². The Morgan fingerprint density at radius 3 is 1.78 bits per heavy atom. The molecule has 0 aliphatic heterocycles. The van der Waals surface area contributed by atoms with Crippen molar-refractivity contribution in [2.24, 2.45) is 11.8 Å². The molecule has 0 saturated carbocycles. The fourth-order valence-corrected chi connectivity index (χ4v) is 1.24. The molecule has 0 radical (unpaired) electrons. The Morgan fingerprint density at radius 2 is 1.39 bits per heavy atom. The van der Waals surface area contributed by atoms with E-state index in [9.17, 15) is 0 Å². The smallest absolute Gasteiger partial charge is 0.123 e. The monoisotopic (exact) mass is 254 g/mol. The van der Waals surface area contributed by atoms with Crippen LogP contribution in [0.2, 0.25) is 0 Å². The lowest BCUT2D eigenvalue weighted by atomic mass is 10.2. The van der Waals surface area contributed by atoms with E-state index >= 15 is 0 Å². The first-order chi connectivity index (χ1) is 8.65. The van der Waals surface area contributed by atoms with E-state index in [4.69, 9.17) is 19.7 Å². The maximum Gasteiger partial charge on any atom is 0.123 e. The molecule has 1 rings (SSSR count). The number of rotatable bonds is 8. The topological polar surface area (TPSA) is 58.9 Å². The van der Waals surface area contributed by atoms with Gasteiger partial charge in [-0.2, -0.15) is 0 Å². The van der Waals surface area contributed by atoms with Crippen LogP contribution in [-0.4, -0.2) is 36.6 Å². The molecule has 4 heteroatoms. The van der Waals surface area contributed by atoms with Crippen LogP contribution in [0, 0.1) is 11.8 Å². The Kier molecular flexibility index (Phi) is 6.54. The third kappa shape index (κ3) is 5.38. The van der Waals surface area contributed by atoms with Crippen LogP contribution in [0.4, 0.5) is 0 Å². The number of hydrogen-bond donors (Lipinski definition) is 2. The third-order valence-corrected chi connectivity index (χ3v) is 2.50. The summed E-state index contributed by atoms with van der Waals surface area (Å²) in [6, 6.07) is 7.38. The number of hydrogen-bond acceptors (Lipinski definition) is 4. The molecule has 1 aromatic rings. The second-order valence-electron chi connectivity index (χ2n) is 4.67. The number of aliphatic hydroxyl groups is 2. The Bertz CT molecular complexity index is 311. The van der Waals surface area contributed by atoms with E-state index in [-0.39, 0.29) is 25.0 Å². The molecule has 2 N–H and O–H groups in total. The molecule has 1 aromatic carbocycles. The van der Waals surface area contributed by atoms with Gasteiger partial charge in [-0.05, 0) is 12.1 Å².